The van der Waals surface area contributed by atoms with E-state index in [2.05, 4.69) is 6.07 Å². The van der Waals surface area contributed by atoms with Gasteiger partial charge in [-0.05, 0) is 30.5 Å². The van der Waals surface area contributed by atoms with Crippen LogP contribution in [0.3, 0.4) is 0 Å². The van der Waals surface area contributed by atoms with Gasteiger partial charge in [0.25, 0.3) is 0 Å². The number of methoxy groups -OCH3 is 1. The Balaban J connectivity index is 1.95. The van der Waals surface area contributed by atoms with Crippen molar-refractivity contribution in [3.8, 4) is 11.8 Å². The summed E-state index contributed by atoms with van der Waals surface area (Å²) < 4.78 is 10.9. The third kappa shape index (κ3) is 2.09. The molecule has 0 spiro atoms. The molecule has 2 atom stereocenters. The van der Waals surface area contributed by atoms with Crippen molar-refractivity contribution >= 4 is 0 Å². The van der Waals surface area contributed by atoms with Crippen molar-refractivity contribution in [2.45, 2.75) is 43.5 Å². The Kier molecular flexibility index (Phi) is 2.96. The SMILES string of the molecule is COc1ccc(C2(O)CC3CCC(C2)O3)cc1C#N. The molecule has 3 rings (SSSR count). The molecule has 1 aromatic carbocycles. The molecule has 0 amide bonds. The summed E-state index contributed by atoms with van der Waals surface area (Å²) in [5, 5.41) is 20.0. The van der Waals surface area contributed by atoms with Crippen LogP contribution in [0.5, 0.6) is 5.75 Å². The van der Waals surface area contributed by atoms with Gasteiger partial charge in [0.1, 0.15) is 11.8 Å². The lowest BCUT2D eigenvalue weighted by atomic mass is 9.83. The van der Waals surface area contributed by atoms with Gasteiger partial charge >= 0.3 is 0 Å². The van der Waals surface area contributed by atoms with E-state index < -0.39 is 5.60 Å². The molecule has 0 radical (unpaired) electrons. The molecule has 1 N–H and O–H groups in total. The number of fused-ring (bicyclic) bond motifs is 2. The zero-order valence-corrected chi connectivity index (χ0v) is 10.9. The molecule has 2 aliphatic heterocycles. The van der Waals surface area contributed by atoms with Crippen LogP contribution < -0.4 is 4.74 Å². The minimum Gasteiger partial charge on any atom is -0.495 e. The number of rotatable bonds is 2. The van der Waals surface area contributed by atoms with Crippen LogP contribution in [-0.2, 0) is 10.3 Å². The van der Waals surface area contributed by atoms with Gasteiger partial charge < -0.3 is 14.6 Å². The van der Waals surface area contributed by atoms with Gasteiger partial charge in [-0.1, -0.05) is 6.07 Å². The highest BCUT2D eigenvalue weighted by Crippen LogP contribution is 2.44. The van der Waals surface area contributed by atoms with Crippen molar-refractivity contribution in [2.75, 3.05) is 7.11 Å². The number of nitriles is 1. The average molecular weight is 259 g/mol. The molecule has 1 aromatic rings. The van der Waals surface area contributed by atoms with Gasteiger partial charge in [-0.25, -0.2) is 0 Å². The lowest BCUT2D eigenvalue weighted by molar-refractivity contribution is -0.115. The third-order valence-electron chi connectivity index (χ3n) is 4.18. The first-order valence-corrected chi connectivity index (χ1v) is 6.61. The van der Waals surface area contributed by atoms with Gasteiger partial charge in [-0.2, -0.15) is 5.26 Å². The van der Waals surface area contributed by atoms with E-state index in [1.807, 2.05) is 6.07 Å². The van der Waals surface area contributed by atoms with Crippen LogP contribution in [0.15, 0.2) is 18.2 Å². The number of hydrogen-bond donors (Lipinski definition) is 1. The fourth-order valence-corrected chi connectivity index (χ4v) is 3.24. The van der Waals surface area contributed by atoms with Gasteiger partial charge in [-0.15, -0.1) is 0 Å². The second-order valence-electron chi connectivity index (χ2n) is 5.42. The molecular weight excluding hydrogens is 242 g/mol. The predicted molar refractivity (Wildman–Crippen MR) is 68.7 cm³/mol. The Morgan fingerprint density at radius 3 is 2.63 bits per heavy atom. The highest BCUT2D eigenvalue weighted by molar-refractivity contribution is 5.47. The van der Waals surface area contributed by atoms with E-state index in [0.29, 0.717) is 24.2 Å². The summed E-state index contributed by atoms with van der Waals surface area (Å²) in [5.41, 5.74) is 0.388. The van der Waals surface area contributed by atoms with Gasteiger partial charge in [-0.3, -0.25) is 0 Å². The fourth-order valence-electron chi connectivity index (χ4n) is 3.24. The average Bonchev–Trinajstić information content (AvgIpc) is 2.77. The van der Waals surface area contributed by atoms with Crippen LogP contribution in [0.1, 0.15) is 36.8 Å². The molecular formula is C15H17NO3. The number of nitrogens with zero attached hydrogens (tertiary/aromatic N) is 1. The van der Waals surface area contributed by atoms with E-state index in [1.165, 1.54) is 0 Å². The summed E-state index contributed by atoms with van der Waals surface area (Å²) in [6.45, 7) is 0. The Morgan fingerprint density at radius 2 is 2.05 bits per heavy atom. The molecule has 19 heavy (non-hydrogen) atoms. The van der Waals surface area contributed by atoms with Crippen LogP contribution in [0, 0.1) is 11.3 Å². The van der Waals surface area contributed by atoms with Crippen LogP contribution in [0.2, 0.25) is 0 Å². The zero-order valence-electron chi connectivity index (χ0n) is 10.9. The molecule has 4 nitrogen and oxygen atoms in total. The monoisotopic (exact) mass is 259 g/mol. The van der Waals surface area contributed by atoms with E-state index >= 15 is 0 Å². The van der Waals surface area contributed by atoms with Crippen molar-refractivity contribution in [1.29, 1.82) is 5.26 Å². The third-order valence-corrected chi connectivity index (χ3v) is 4.18. The minimum atomic E-state index is -0.873. The molecule has 4 heteroatoms. The maximum Gasteiger partial charge on any atom is 0.136 e. The molecule has 0 aliphatic carbocycles. The van der Waals surface area contributed by atoms with E-state index in [0.717, 1.165) is 18.4 Å². The summed E-state index contributed by atoms with van der Waals surface area (Å²) in [5.74, 6) is 0.546. The molecule has 2 saturated heterocycles. The second kappa shape index (κ2) is 4.52. The minimum absolute atomic E-state index is 0.149. The van der Waals surface area contributed by atoms with E-state index in [9.17, 15) is 5.11 Å². The van der Waals surface area contributed by atoms with Crippen molar-refractivity contribution in [3.63, 3.8) is 0 Å². The topological polar surface area (TPSA) is 62.5 Å². The lowest BCUT2D eigenvalue weighted by Gasteiger charge is -2.37. The predicted octanol–water partition coefficient (Wildman–Crippen LogP) is 2.10. The van der Waals surface area contributed by atoms with Gasteiger partial charge in [0.2, 0.25) is 0 Å². The molecule has 2 bridgehead atoms. The normalized spacial score (nSPS) is 32.9. The molecule has 0 saturated carbocycles. The fraction of sp³-hybridized carbons (Fsp3) is 0.533. The summed E-state index contributed by atoms with van der Waals surface area (Å²) in [7, 11) is 1.54. The Labute approximate surface area is 112 Å². The Morgan fingerprint density at radius 1 is 1.37 bits per heavy atom. The van der Waals surface area contributed by atoms with Crippen molar-refractivity contribution < 1.29 is 14.6 Å². The van der Waals surface area contributed by atoms with Crippen molar-refractivity contribution in [2.24, 2.45) is 0 Å². The second-order valence-corrected chi connectivity index (χ2v) is 5.42. The van der Waals surface area contributed by atoms with Gasteiger partial charge in [0, 0.05) is 12.8 Å². The quantitative estimate of drug-likeness (QED) is 0.883. The maximum atomic E-state index is 10.9. The standard InChI is InChI=1S/C15H17NO3/c1-18-14-5-2-11(6-10(14)9-16)15(17)7-12-3-4-13(8-15)19-12/h2,5-6,12-13,17H,3-4,7-8H2,1H3. The lowest BCUT2D eigenvalue weighted by Crippen LogP contribution is -2.38. The molecule has 100 valence electrons. The number of ether oxygens (including phenoxy) is 2. The number of hydrogen-bond acceptors (Lipinski definition) is 4. The first-order valence-electron chi connectivity index (χ1n) is 6.61. The summed E-state index contributed by atoms with van der Waals surface area (Å²) in [6.07, 6.45) is 3.57. The first-order chi connectivity index (χ1) is 9.14. The van der Waals surface area contributed by atoms with Crippen molar-refractivity contribution in [3.05, 3.63) is 29.3 Å². The van der Waals surface area contributed by atoms with Crippen LogP contribution in [0.25, 0.3) is 0 Å². The zero-order chi connectivity index (χ0) is 13.5. The Hall–Kier alpha value is -1.57. The van der Waals surface area contributed by atoms with E-state index in [4.69, 9.17) is 14.7 Å². The molecule has 2 fully saturated rings. The number of benzene rings is 1. The highest BCUT2D eigenvalue weighted by Gasteiger charge is 2.44. The summed E-state index contributed by atoms with van der Waals surface area (Å²) >= 11 is 0. The molecule has 0 aromatic heterocycles. The van der Waals surface area contributed by atoms with Gasteiger partial charge in [0.05, 0.1) is 30.5 Å². The number of aliphatic hydroxyl groups is 1. The highest BCUT2D eigenvalue weighted by atomic mass is 16.5. The van der Waals surface area contributed by atoms with E-state index in [-0.39, 0.29) is 12.2 Å². The smallest absolute Gasteiger partial charge is 0.136 e. The summed E-state index contributed by atoms with van der Waals surface area (Å²) in [6, 6.07) is 7.46. The van der Waals surface area contributed by atoms with Crippen LogP contribution in [-0.4, -0.2) is 24.4 Å². The first kappa shape index (κ1) is 12.5. The van der Waals surface area contributed by atoms with E-state index in [1.54, 1.807) is 19.2 Å². The maximum absolute atomic E-state index is 10.9. The molecule has 2 heterocycles. The van der Waals surface area contributed by atoms with Crippen LogP contribution in [0.4, 0.5) is 0 Å². The molecule has 2 aliphatic rings. The van der Waals surface area contributed by atoms with Crippen molar-refractivity contribution in [1.82, 2.24) is 0 Å². The van der Waals surface area contributed by atoms with Gasteiger partial charge in [0.15, 0.2) is 0 Å². The Bertz CT molecular complexity index is 523. The van der Waals surface area contributed by atoms with Crippen LogP contribution >= 0.6 is 0 Å². The largest absolute Gasteiger partial charge is 0.495 e. The molecule has 2 unspecified atom stereocenters. The summed E-state index contributed by atoms with van der Waals surface area (Å²) in [4.78, 5) is 0.